The molecule has 0 N–H and O–H groups in total. The van der Waals surface area contributed by atoms with Gasteiger partial charge >= 0.3 is 16.5 Å². The van der Waals surface area contributed by atoms with Crippen LogP contribution in [0.1, 0.15) is 209 Å². The van der Waals surface area contributed by atoms with Crippen molar-refractivity contribution in [1.82, 2.24) is 0 Å². The van der Waals surface area contributed by atoms with Gasteiger partial charge in [0.2, 0.25) is 0 Å². The van der Waals surface area contributed by atoms with Crippen LogP contribution in [0.15, 0.2) is 0 Å². The highest BCUT2D eigenvalue weighted by atomic mass is 31.2. The minimum atomic E-state index is -2.63. The van der Waals surface area contributed by atoms with E-state index in [-0.39, 0.29) is 0 Å². The van der Waals surface area contributed by atoms with Gasteiger partial charge in [-0.1, -0.05) is 158 Å². The number of hydrogen-bond donors (Lipinski definition) is 0. The summed E-state index contributed by atoms with van der Waals surface area (Å²) in [5.41, 5.74) is 0. The Morgan fingerprint density at radius 2 is 0.538 bits per heavy atom. The first-order valence-corrected chi connectivity index (χ1v) is 29.9. The summed E-state index contributed by atoms with van der Waals surface area (Å²) < 4.78 is 28.7. The molecule has 0 aliphatic rings. The molecule has 0 bridgehead atoms. The molecule has 0 aromatic rings. The van der Waals surface area contributed by atoms with E-state index in [1.165, 1.54) is 128 Å². The summed E-state index contributed by atoms with van der Waals surface area (Å²) in [6.07, 6.45) is 40.2. The van der Waals surface area contributed by atoms with Crippen LogP contribution in [0, 0.1) is 0 Å². The Balaban J connectivity index is -0.000000296. The molecule has 0 saturated carbocycles. The Bertz CT molecular complexity index is 612. The molecule has 0 saturated heterocycles. The maximum Gasteiger partial charge on any atom is 0.488 e. The molecule has 0 aromatic carbocycles. The van der Waals surface area contributed by atoms with Crippen molar-refractivity contribution in [2.75, 3.05) is 63.5 Å². The second-order valence-corrected chi connectivity index (χ2v) is 25.9. The third kappa shape index (κ3) is 53.0. The zero-order valence-corrected chi connectivity index (χ0v) is 40.4. The average molecular weight is 819 g/mol. The third-order valence-electron chi connectivity index (χ3n) is 9.70. The summed E-state index contributed by atoms with van der Waals surface area (Å²) in [6, 6.07) is 0. The smallest absolute Gasteiger partial charge is 0.488 e. The molecule has 0 aliphatic carbocycles. The molecule has 0 heterocycles. The van der Waals surface area contributed by atoms with E-state index in [1.807, 2.05) is 0 Å². The summed E-state index contributed by atoms with van der Waals surface area (Å²) in [5, 5.41) is 0. The van der Waals surface area contributed by atoms with Crippen molar-refractivity contribution in [3.05, 3.63) is 0 Å². The van der Waals surface area contributed by atoms with Gasteiger partial charge in [0, 0.05) is 27.9 Å². The lowest BCUT2D eigenvalue weighted by molar-refractivity contribution is -0.186. The van der Waals surface area contributed by atoms with E-state index in [9.17, 15) is 18.9 Å². The van der Waals surface area contributed by atoms with Crippen LogP contribution in [0.2, 0.25) is 0 Å². The van der Waals surface area contributed by atoms with E-state index in [0.29, 0.717) is 13.2 Å². The van der Waals surface area contributed by atoms with E-state index in [1.54, 1.807) is 37.0 Å². The number of rotatable bonds is 34. The van der Waals surface area contributed by atoms with Crippen molar-refractivity contribution in [1.29, 1.82) is 0 Å². The first kappa shape index (κ1) is 59.6. The Hall–Kier alpha value is 0.900. The molecule has 0 aliphatic heterocycles. The zero-order chi connectivity index (χ0) is 40.2. The molecule has 6 nitrogen and oxygen atoms in total. The van der Waals surface area contributed by atoms with E-state index < -0.39 is 31.0 Å². The van der Waals surface area contributed by atoms with Crippen LogP contribution in [-0.2, 0) is 18.2 Å². The monoisotopic (exact) mass is 819 g/mol. The van der Waals surface area contributed by atoms with Crippen LogP contribution >= 0.6 is 31.0 Å². The number of hydrogen-bond acceptors (Lipinski definition) is 6. The summed E-state index contributed by atoms with van der Waals surface area (Å²) in [6.45, 7) is 24.2. The molecule has 0 aromatic heterocycles. The summed E-state index contributed by atoms with van der Waals surface area (Å²) in [7, 11) is -6.29. The Kier molecular flexibility index (Phi) is 55.1. The first-order chi connectivity index (χ1) is 24.9. The normalized spacial score (nSPS) is 11.8. The van der Waals surface area contributed by atoms with Gasteiger partial charge in [0.15, 0.2) is 0 Å². The first-order valence-electron chi connectivity index (χ1n) is 22.1. The molecule has 316 valence electrons. The van der Waals surface area contributed by atoms with Gasteiger partial charge in [-0.25, -0.2) is 0 Å². The molecule has 0 fully saturated rings. The highest BCUT2D eigenvalue weighted by Crippen LogP contribution is 2.57. The SMILES string of the molecule is CCCCCCCCO[P+](=O)[O-].CCCCCCCCO[P+](=O)[O-].CCCC[P+](C)(CCCC)CCCC.CCCC[P+](C)(CCCC)CCCC. The van der Waals surface area contributed by atoms with Gasteiger partial charge in [-0.05, 0) is 60.5 Å². The Labute approximate surface area is 330 Å². The Morgan fingerprint density at radius 1 is 0.346 bits per heavy atom. The van der Waals surface area contributed by atoms with Crippen LogP contribution < -0.4 is 9.79 Å². The quantitative estimate of drug-likeness (QED) is 0.0474. The lowest BCUT2D eigenvalue weighted by Crippen LogP contribution is -2.07. The van der Waals surface area contributed by atoms with Crippen molar-refractivity contribution in [2.45, 2.75) is 209 Å². The lowest BCUT2D eigenvalue weighted by atomic mass is 10.1. The van der Waals surface area contributed by atoms with Crippen molar-refractivity contribution >= 4 is 31.0 Å². The molecule has 52 heavy (non-hydrogen) atoms. The topological polar surface area (TPSA) is 98.7 Å². The molecule has 10 heteroatoms. The number of unbranched alkanes of at least 4 members (excludes halogenated alkanes) is 16. The van der Waals surface area contributed by atoms with Crippen LogP contribution in [0.5, 0.6) is 0 Å². The fourth-order valence-corrected chi connectivity index (χ4v) is 14.3. The van der Waals surface area contributed by atoms with Gasteiger partial charge in [-0.15, -0.1) is 9.05 Å². The van der Waals surface area contributed by atoms with Crippen LogP contribution in [0.3, 0.4) is 0 Å². The van der Waals surface area contributed by atoms with Crippen LogP contribution in [0.4, 0.5) is 0 Å². The average Bonchev–Trinajstić information content (AvgIpc) is 3.13. The maximum absolute atomic E-state index is 9.95. The zero-order valence-electron chi connectivity index (χ0n) is 36.9. The predicted molar refractivity (Wildman–Crippen MR) is 238 cm³/mol. The Morgan fingerprint density at radius 3 is 0.731 bits per heavy atom. The lowest BCUT2D eigenvalue weighted by Gasteiger charge is -2.22. The summed E-state index contributed by atoms with van der Waals surface area (Å²) in [4.78, 5) is 19.9. The highest BCUT2D eigenvalue weighted by molar-refractivity contribution is 7.75. The van der Waals surface area contributed by atoms with Crippen molar-refractivity contribution in [3.63, 3.8) is 0 Å². The van der Waals surface area contributed by atoms with Gasteiger partial charge in [0.25, 0.3) is 0 Å². The van der Waals surface area contributed by atoms with Gasteiger partial charge in [0.05, 0.1) is 37.0 Å². The van der Waals surface area contributed by atoms with E-state index in [0.717, 1.165) is 25.7 Å². The molecule has 0 rings (SSSR count). The van der Waals surface area contributed by atoms with Gasteiger partial charge in [0.1, 0.15) is 13.2 Å². The second-order valence-electron chi connectivity index (χ2n) is 15.4. The molecule has 0 amide bonds. The standard InChI is InChI=1S/2C13H30P.2C8H17O3P/c2*1-5-8-11-14(4,12-9-6-2)13-10-7-3;2*1-2-3-4-5-6-7-8-11-12(9)10/h2*5-13H2,1-4H3;2*2-8H2,1H3/q2*+1;;. The molecule has 0 spiro atoms. The minimum absolute atomic E-state index is 0.352. The molecule has 0 radical (unpaired) electrons. The largest absolute Gasteiger partial charge is 0.566 e. The fourth-order valence-electron chi connectivity index (χ4n) is 5.95. The van der Waals surface area contributed by atoms with E-state index in [4.69, 9.17) is 0 Å². The van der Waals surface area contributed by atoms with E-state index >= 15 is 0 Å². The second kappa shape index (κ2) is 48.0. The third-order valence-corrected chi connectivity index (χ3v) is 18.9. The van der Waals surface area contributed by atoms with Gasteiger partial charge in [-0.3, -0.25) is 0 Å². The summed E-state index contributed by atoms with van der Waals surface area (Å²) in [5.74, 6) is 0. The van der Waals surface area contributed by atoms with Crippen molar-refractivity contribution in [3.8, 4) is 0 Å². The summed E-state index contributed by atoms with van der Waals surface area (Å²) >= 11 is 0. The van der Waals surface area contributed by atoms with Crippen LogP contribution in [-0.4, -0.2) is 63.5 Å². The van der Waals surface area contributed by atoms with Crippen molar-refractivity contribution < 1.29 is 28.0 Å². The maximum atomic E-state index is 9.95. The van der Waals surface area contributed by atoms with Gasteiger partial charge < -0.3 is 9.79 Å². The van der Waals surface area contributed by atoms with Crippen molar-refractivity contribution in [2.24, 2.45) is 0 Å². The molecular weight excluding hydrogens is 724 g/mol. The van der Waals surface area contributed by atoms with E-state index in [2.05, 4.69) is 77.8 Å². The molecule has 2 atom stereocenters. The molecular formula is C42H94O6P4+2. The minimum Gasteiger partial charge on any atom is -0.566 e. The molecule has 2 unspecified atom stereocenters. The van der Waals surface area contributed by atoms with Crippen LogP contribution in [0.25, 0.3) is 0 Å². The highest BCUT2D eigenvalue weighted by Gasteiger charge is 2.29. The van der Waals surface area contributed by atoms with Gasteiger partial charge in [-0.2, -0.15) is 0 Å². The predicted octanol–water partition coefficient (Wildman–Crippen LogP) is 14.8. The fraction of sp³-hybridized carbons (Fsp3) is 1.00.